The average Bonchev–Trinajstić information content (AvgIpc) is 3.22. The van der Waals surface area contributed by atoms with E-state index in [9.17, 15) is 8.42 Å². The van der Waals surface area contributed by atoms with Gasteiger partial charge in [0.25, 0.3) is 10.0 Å². The third-order valence-electron chi connectivity index (χ3n) is 4.32. The van der Waals surface area contributed by atoms with Gasteiger partial charge in [-0.15, -0.1) is 0 Å². The summed E-state index contributed by atoms with van der Waals surface area (Å²) in [5.74, 6) is 1.01. The minimum Gasteiger partial charge on any atom is -0.383 e. The van der Waals surface area contributed by atoms with E-state index in [1.165, 1.54) is 10.6 Å². The fourth-order valence-corrected chi connectivity index (χ4v) is 4.58. The summed E-state index contributed by atoms with van der Waals surface area (Å²) in [7, 11) is -0.129. The van der Waals surface area contributed by atoms with Crippen LogP contribution >= 0.6 is 0 Å². The first kappa shape index (κ1) is 17.1. The van der Waals surface area contributed by atoms with Gasteiger partial charge in [0.05, 0.1) is 12.9 Å². The Kier molecular flexibility index (Phi) is 5.02. The van der Waals surface area contributed by atoms with Crippen LogP contribution in [0.4, 0.5) is 0 Å². The summed E-state index contributed by atoms with van der Waals surface area (Å²) in [6.07, 6.45) is 8.47. The van der Waals surface area contributed by atoms with E-state index in [4.69, 9.17) is 4.74 Å². The van der Waals surface area contributed by atoms with Crippen molar-refractivity contribution < 1.29 is 13.2 Å². The quantitative estimate of drug-likeness (QED) is 0.768. The predicted octanol–water partition coefficient (Wildman–Crippen LogP) is 0.831. The molecule has 0 bridgehead atoms. The van der Waals surface area contributed by atoms with E-state index in [1.807, 2.05) is 10.8 Å². The van der Waals surface area contributed by atoms with Crippen molar-refractivity contribution >= 4 is 10.0 Å². The molecular weight excluding hydrogens is 330 g/mol. The van der Waals surface area contributed by atoms with Crippen LogP contribution < -0.4 is 0 Å². The molecule has 3 rings (SSSR count). The van der Waals surface area contributed by atoms with Gasteiger partial charge in [0.2, 0.25) is 0 Å². The number of aromatic nitrogens is 4. The normalized spacial score (nSPS) is 19.7. The molecule has 0 amide bonds. The first-order valence-electron chi connectivity index (χ1n) is 8.00. The molecule has 2 aromatic rings. The number of hydrogen-bond acceptors (Lipinski definition) is 5. The molecule has 1 atom stereocenters. The van der Waals surface area contributed by atoms with E-state index in [1.54, 1.807) is 31.1 Å². The zero-order valence-electron chi connectivity index (χ0n) is 14.0. The van der Waals surface area contributed by atoms with E-state index < -0.39 is 10.0 Å². The van der Waals surface area contributed by atoms with Crippen LogP contribution in [0.2, 0.25) is 0 Å². The zero-order valence-corrected chi connectivity index (χ0v) is 14.8. The molecule has 0 radical (unpaired) electrons. The van der Waals surface area contributed by atoms with E-state index >= 15 is 0 Å². The summed E-state index contributed by atoms with van der Waals surface area (Å²) in [5.41, 5.74) is 0. The number of rotatable bonds is 6. The molecule has 0 aromatic carbocycles. The Hall–Kier alpha value is -1.71. The molecule has 1 saturated heterocycles. The molecular formula is C15H23N5O3S. The van der Waals surface area contributed by atoms with Crippen LogP contribution in [0.5, 0.6) is 0 Å². The van der Waals surface area contributed by atoms with Crippen LogP contribution in [0, 0.1) is 0 Å². The van der Waals surface area contributed by atoms with E-state index in [0.717, 1.165) is 25.2 Å². The van der Waals surface area contributed by atoms with Crippen molar-refractivity contribution in [2.45, 2.75) is 30.3 Å². The van der Waals surface area contributed by atoms with Crippen molar-refractivity contribution in [3.8, 4) is 0 Å². The standard InChI is InChI=1S/C15H23N5O3S/c1-18-11-14(17-12-18)24(21,22)20-6-3-4-13(10-20)15-16-5-7-19(15)8-9-23-2/h5,7,11-13H,3-4,6,8-10H2,1-2H3/t13-/m1/s1. The lowest BCUT2D eigenvalue weighted by Gasteiger charge is -2.31. The third-order valence-corrected chi connectivity index (χ3v) is 6.07. The molecule has 1 fully saturated rings. The molecule has 0 unspecified atom stereocenters. The number of sulfonamides is 1. The van der Waals surface area contributed by atoms with Crippen molar-refractivity contribution in [3.05, 3.63) is 30.7 Å². The van der Waals surface area contributed by atoms with Crippen LogP contribution in [0.1, 0.15) is 24.6 Å². The van der Waals surface area contributed by atoms with E-state index in [-0.39, 0.29) is 10.9 Å². The lowest BCUT2D eigenvalue weighted by atomic mass is 9.99. The van der Waals surface area contributed by atoms with Crippen molar-refractivity contribution in [1.82, 2.24) is 23.4 Å². The highest BCUT2D eigenvalue weighted by atomic mass is 32.2. The van der Waals surface area contributed by atoms with Gasteiger partial charge in [-0.2, -0.15) is 4.31 Å². The summed E-state index contributed by atoms with van der Waals surface area (Å²) in [6.45, 7) is 2.28. The molecule has 8 nitrogen and oxygen atoms in total. The maximum absolute atomic E-state index is 12.8. The first-order valence-corrected chi connectivity index (χ1v) is 9.44. The fourth-order valence-electron chi connectivity index (χ4n) is 3.09. The number of imidazole rings is 2. The Morgan fingerprint density at radius 2 is 2.21 bits per heavy atom. The fraction of sp³-hybridized carbons (Fsp3) is 0.600. The first-order chi connectivity index (χ1) is 11.5. The Morgan fingerprint density at radius 3 is 2.92 bits per heavy atom. The Bertz CT molecular complexity index is 783. The highest BCUT2D eigenvalue weighted by Crippen LogP contribution is 2.29. The molecule has 24 heavy (non-hydrogen) atoms. The van der Waals surface area contributed by atoms with Crippen LogP contribution in [-0.2, 0) is 28.4 Å². The largest absolute Gasteiger partial charge is 0.383 e. The minimum absolute atomic E-state index is 0.0871. The van der Waals surface area contributed by atoms with Crippen molar-refractivity contribution in [1.29, 1.82) is 0 Å². The summed E-state index contributed by atoms with van der Waals surface area (Å²) in [5, 5.41) is 0.105. The van der Waals surface area contributed by atoms with Gasteiger partial charge in [-0.3, -0.25) is 0 Å². The van der Waals surface area contributed by atoms with Crippen LogP contribution in [-0.4, -0.2) is 58.6 Å². The molecule has 0 spiro atoms. The van der Waals surface area contributed by atoms with E-state index in [0.29, 0.717) is 19.7 Å². The lowest BCUT2D eigenvalue weighted by molar-refractivity contribution is 0.184. The maximum Gasteiger partial charge on any atom is 0.262 e. The summed E-state index contributed by atoms with van der Waals surface area (Å²) in [4.78, 5) is 8.46. The van der Waals surface area contributed by atoms with Gasteiger partial charge >= 0.3 is 0 Å². The predicted molar refractivity (Wildman–Crippen MR) is 88.0 cm³/mol. The lowest BCUT2D eigenvalue weighted by Crippen LogP contribution is -2.40. The summed E-state index contributed by atoms with van der Waals surface area (Å²) in [6, 6.07) is 0. The molecule has 9 heteroatoms. The summed E-state index contributed by atoms with van der Waals surface area (Å²) >= 11 is 0. The monoisotopic (exact) mass is 353 g/mol. The van der Waals surface area contributed by atoms with Crippen LogP contribution in [0.3, 0.4) is 0 Å². The number of hydrogen-bond donors (Lipinski definition) is 0. The second kappa shape index (κ2) is 7.04. The SMILES string of the molecule is COCCn1ccnc1[C@@H]1CCCN(S(=O)(=O)c2cn(C)cn2)C1. The highest BCUT2D eigenvalue weighted by molar-refractivity contribution is 7.89. The molecule has 0 aliphatic carbocycles. The molecule has 3 heterocycles. The smallest absolute Gasteiger partial charge is 0.262 e. The average molecular weight is 353 g/mol. The van der Waals surface area contributed by atoms with Gasteiger partial charge < -0.3 is 13.9 Å². The van der Waals surface area contributed by atoms with Crippen molar-refractivity contribution in [2.24, 2.45) is 7.05 Å². The maximum atomic E-state index is 12.8. The molecule has 132 valence electrons. The number of nitrogens with zero attached hydrogens (tertiary/aromatic N) is 5. The van der Waals surface area contributed by atoms with Gasteiger partial charge in [0.15, 0.2) is 5.03 Å². The topological polar surface area (TPSA) is 82.3 Å². The third kappa shape index (κ3) is 3.38. The molecule has 0 N–H and O–H groups in total. The highest BCUT2D eigenvalue weighted by Gasteiger charge is 2.33. The van der Waals surface area contributed by atoms with Gasteiger partial charge in [0, 0.05) is 58.3 Å². The zero-order chi connectivity index (χ0) is 17.2. The number of methoxy groups -OCH3 is 1. The van der Waals surface area contributed by atoms with Crippen molar-refractivity contribution in [3.63, 3.8) is 0 Å². The molecule has 0 saturated carbocycles. The van der Waals surface area contributed by atoms with Crippen LogP contribution in [0.25, 0.3) is 0 Å². The van der Waals surface area contributed by atoms with Gasteiger partial charge in [-0.25, -0.2) is 18.4 Å². The second-order valence-electron chi connectivity index (χ2n) is 6.05. The minimum atomic E-state index is -3.56. The van der Waals surface area contributed by atoms with Crippen molar-refractivity contribution in [2.75, 3.05) is 26.8 Å². The van der Waals surface area contributed by atoms with Gasteiger partial charge in [0.1, 0.15) is 5.82 Å². The van der Waals surface area contributed by atoms with Gasteiger partial charge in [-0.05, 0) is 12.8 Å². The Labute approximate surface area is 142 Å². The molecule has 2 aromatic heterocycles. The summed E-state index contributed by atoms with van der Waals surface area (Å²) < 4.78 is 35.9. The molecule has 1 aliphatic rings. The Morgan fingerprint density at radius 1 is 1.38 bits per heavy atom. The van der Waals surface area contributed by atoms with Crippen LogP contribution in [0.15, 0.2) is 29.9 Å². The number of ether oxygens (including phenoxy) is 1. The number of aryl methyl sites for hydroxylation is 1. The molecule has 1 aliphatic heterocycles. The second-order valence-corrected chi connectivity index (χ2v) is 7.94. The van der Waals surface area contributed by atoms with Gasteiger partial charge in [-0.1, -0.05) is 0 Å². The Balaban J connectivity index is 1.79. The van der Waals surface area contributed by atoms with E-state index in [2.05, 4.69) is 9.97 Å². The number of piperidine rings is 1.